The zero-order valence-corrected chi connectivity index (χ0v) is 9.06. The zero-order valence-electron chi connectivity index (χ0n) is 9.06. The van der Waals surface area contributed by atoms with Crippen LogP contribution >= 0.6 is 0 Å². The molecule has 0 N–H and O–H groups in total. The van der Waals surface area contributed by atoms with Gasteiger partial charge >= 0.3 is 0 Å². The average molecular weight is 169 g/mol. The summed E-state index contributed by atoms with van der Waals surface area (Å²) in [7, 11) is 4.42. The Morgan fingerprint density at radius 3 is 2.42 bits per heavy atom. The fourth-order valence-corrected chi connectivity index (χ4v) is 2.04. The van der Waals surface area contributed by atoms with Crippen molar-refractivity contribution in [3.63, 3.8) is 0 Å². The maximum Gasteiger partial charge on any atom is 0.0207 e. The summed E-state index contributed by atoms with van der Waals surface area (Å²) in [6, 6.07) is 0. The molecule has 1 nitrogen and oxygen atoms in total. The normalized spacial score (nSPS) is 34.2. The van der Waals surface area contributed by atoms with Crippen LogP contribution in [0.1, 0.15) is 46.0 Å². The van der Waals surface area contributed by atoms with E-state index in [0.717, 1.165) is 5.92 Å². The highest BCUT2D eigenvalue weighted by Crippen LogP contribution is 2.49. The van der Waals surface area contributed by atoms with E-state index in [2.05, 4.69) is 32.8 Å². The minimum absolute atomic E-state index is 0.549. The van der Waals surface area contributed by atoms with Crippen molar-refractivity contribution < 1.29 is 0 Å². The van der Waals surface area contributed by atoms with Gasteiger partial charge in [-0.1, -0.05) is 26.2 Å². The summed E-state index contributed by atoms with van der Waals surface area (Å²) in [6.45, 7) is 4.67. The van der Waals surface area contributed by atoms with Crippen molar-refractivity contribution in [2.45, 2.75) is 51.5 Å². The van der Waals surface area contributed by atoms with Gasteiger partial charge in [0.2, 0.25) is 0 Å². The lowest BCUT2D eigenvalue weighted by Gasteiger charge is -2.20. The molecule has 0 aliphatic heterocycles. The minimum Gasteiger partial charge on any atom is -0.304 e. The molecule has 0 aromatic heterocycles. The van der Waals surface area contributed by atoms with Crippen molar-refractivity contribution in [2.24, 2.45) is 5.92 Å². The fourth-order valence-electron chi connectivity index (χ4n) is 2.04. The first-order valence-electron chi connectivity index (χ1n) is 5.28. The van der Waals surface area contributed by atoms with Crippen LogP contribution < -0.4 is 0 Å². The molecule has 0 aromatic carbocycles. The van der Waals surface area contributed by atoms with E-state index in [-0.39, 0.29) is 0 Å². The second-order valence-corrected chi connectivity index (χ2v) is 4.65. The lowest BCUT2D eigenvalue weighted by Crippen LogP contribution is -2.28. The molecular weight excluding hydrogens is 146 g/mol. The van der Waals surface area contributed by atoms with E-state index < -0.39 is 0 Å². The molecule has 1 aliphatic carbocycles. The topological polar surface area (TPSA) is 3.24 Å². The van der Waals surface area contributed by atoms with Crippen LogP contribution in [0.2, 0.25) is 0 Å². The summed E-state index contributed by atoms with van der Waals surface area (Å²) >= 11 is 0. The SMILES string of the molecule is CCCCCC1CC1(C)N(C)C. The predicted molar refractivity (Wildman–Crippen MR) is 54.3 cm³/mol. The summed E-state index contributed by atoms with van der Waals surface area (Å²) in [5, 5.41) is 0. The van der Waals surface area contributed by atoms with E-state index in [1.54, 1.807) is 0 Å². The number of rotatable bonds is 5. The van der Waals surface area contributed by atoms with E-state index in [1.807, 2.05) is 0 Å². The number of unbranched alkanes of at least 4 members (excludes halogenated alkanes) is 2. The summed E-state index contributed by atoms with van der Waals surface area (Å²) in [4.78, 5) is 2.39. The van der Waals surface area contributed by atoms with Gasteiger partial charge in [0.25, 0.3) is 0 Å². The number of hydrogen-bond donors (Lipinski definition) is 0. The van der Waals surface area contributed by atoms with Crippen molar-refractivity contribution in [2.75, 3.05) is 14.1 Å². The summed E-state index contributed by atoms with van der Waals surface area (Å²) < 4.78 is 0. The predicted octanol–water partition coefficient (Wildman–Crippen LogP) is 2.91. The fraction of sp³-hybridized carbons (Fsp3) is 1.00. The number of hydrogen-bond acceptors (Lipinski definition) is 1. The molecule has 2 atom stereocenters. The van der Waals surface area contributed by atoms with Gasteiger partial charge in [0, 0.05) is 5.54 Å². The van der Waals surface area contributed by atoms with Crippen LogP contribution in [0, 0.1) is 5.92 Å². The molecule has 0 amide bonds. The Balaban J connectivity index is 2.14. The summed E-state index contributed by atoms with van der Waals surface area (Å²) in [6.07, 6.45) is 7.07. The lowest BCUT2D eigenvalue weighted by molar-refractivity contribution is 0.265. The molecule has 12 heavy (non-hydrogen) atoms. The highest BCUT2D eigenvalue weighted by Gasteiger charge is 2.50. The van der Waals surface area contributed by atoms with Crippen LogP contribution in [0.3, 0.4) is 0 Å². The molecule has 0 radical (unpaired) electrons. The molecule has 0 saturated heterocycles. The highest BCUT2D eigenvalue weighted by atomic mass is 15.2. The molecule has 1 aliphatic rings. The van der Waals surface area contributed by atoms with Crippen LogP contribution in [-0.4, -0.2) is 24.5 Å². The maximum absolute atomic E-state index is 2.39. The van der Waals surface area contributed by atoms with Crippen molar-refractivity contribution in [3.8, 4) is 0 Å². The number of nitrogens with zero attached hydrogens (tertiary/aromatic N) is 1. The van der Waals surface area contributed by atoms with Gasteiger partial charge in [-0.05, 0) is 39.8 Å². The largest absolute Gasteiger partial charge is 0.304 e. The van der Waals surface area contributed by atoms with Gasteiger partial charge in [-0.2, -0.15) is 0 Å². The molecule has 1 fully saturated rings. The van der Waals surface area contributed by atoms with E-state index in [9.17, 15) is 0 Å². The van der Waals surface area contributed by atoms with Crippen LogP contribution in [0.4, 0.5) is 0 Å². The van der Waals surface area contributed by atoms with Crippen molar-refractivity contribution >= 4 is 0 Å². The second-order valence-electron chi connectivity index (χ2n) is 4.65. The zero-order chi connectivity index (χ0) is 9.19. The van der Waals surface area contributed by atoms with Gasteiger partial charge in [-0.3, -0.25) is 0 Å². The van der Waals surface area contributed by atoms with Crippen molar-refractivity contribution in [3.05, 3.63) is 0 Å². The Morgan fingerprint density at radius 1 is 1.33 bits per heavy atom. The smallest absolute Gasteiger partial charge is 0.0207 e. The van der Waals surface area contributed by atoms with Crippen molar-refractivity contribution in [1.29, 1.82) is 0 Å². The molecule has 0 bridgehead atoms. The summed E-state index contributed by atoms with van der Waals surface area (Å²) in [5.74, 6) is 0.985. The molecule has 0 aromatic rings. The third-order valence-electron chi connectivity index (χ3n) is 3.56. The van der Waals surface area contributed by atoms with Gasteiger partial charge in [0.05, 0.1) is 0 Å². The summed E-state index contributed by atoms with van der Waals surface area (Å²) in [5.41, 5.74) is 0.549. The van der Waals surface area contributed by atoms with Crippen molar-refractivity contribution in [1.82, 2.24) is 4.90 Å². The molecule has 2 unspecified atom stereocenters. The van der Waals surface area contributed by atoms with Crippen LogP contribution in [-0.2, 0) is 0 Å². The van der Waals surface area contributed by atoms with Crippen LogP contribution in [0.15, 0.2) is 0 Å². The molecule has 1 saturated carbocycles. The molecular formula is C11H23N. The molecule has 72 valence electrons. The molecule has 0 heterocycles. The van der Waals surface area contributed by atoms with Gasteiger partial charge in [0.1, 0.15) is 0 Å². The van der Waals surface area contributed by atoms with E-state index >= 15 is 0 Å². The Bertz CT molecular complexity index is 142. The Labute approximate surface area is 77.1 Å². The van der Waals surface area contributed by atoms with Gasteiger partial charge < -0.3 is 4.90 Å². The molecule has 1 heteroatoms. The monoisotopic (exact) mass is 169 g/mol. The standard InChI is InChI=1S/C11H23N/c1-5-6-7-8-10-9-11(10,2)12(3)4/h10H,5-9H2,1-4H3. The maximum atomic E-state index is 2.39. The van der Waals surface area contributed by atoms with Gasteiger partial charge in [0.15, 0.2) is 0 Å². The van der Waals surface area contributed by atoms with Crippen LogP contribution in [0.25, 0.3) is 0 Å². The first kappa shape index (κ1) is 10.0. The molecule has 0 spiro atoms. The Kier molecular flexibility index (Phi) is 3.16. The average Bonchev–Trinajstić information content (AvgIpc) is 2.64. The van der Waals surface area contributed by atoms with E-state index in [4.69, 9.17) is 0 Å². The van der Waals surface area contributed by atoms with E-state index in [1.165, 1.54) is 32.1 Å². The third-order valence-corrected chi connectivity index (χ3v) is 3.56. The van der Waals surface area contributed by atoms with Crippen LogP contribution in [0.5, 0.6) is 0 Å². The van der Waals surface area contributed by atoms with E-state index in [0.29, 0.717) is 5.54 Å². The highest BCUT2D eigenvalue weighted by molar-refractivity contribution is 5.06. The molecule has 1 rings (SSSR count). The first-order chi connectivity index (χ1) is 5.61. The second kappa shape index (κ2) is 3.78. The third kappa shape index (κ3) is 2.01. The Morgan fingerprint density at radius 2 is 2.00 bits per heavy atom. The quantitative estimate of drug-likeness (QED) is 0.572. The van der Waals surface area contributed by atoms with Gasteiger partial charge in [-0.25, -0.2) is 0 Å². The Hall–Kier alpha value is -0.0400. The lowest BCUT2D eigenvalue weighted by atomic mass is 10.1. The minimum atomic E-state index is 0.549. The first-order valence-corrected chi connectivity index (χ1v) is 5.28. The van der Waals surface area contributed by atoms with Gasteiger partial charge in [-0.15, -0.1) is 0 Å².